The number of H-pyrrole nitrogens is 1. The van der Waals surface area contributed by atoms with Gasteiger partial charge in [-0.25, -0.2) is 23.4 Å². The maximum absolute atomic E-state index is 14.6. The Kier molecular flexibility index (Phi) is 8.98. The maximum atomic E-state index is 14.6. The fourth-order valence-corrected chi connectivity index (χ4v) is 5.38. The Morgan fingerprint density at radius 1 is 1.20 bits per heavy atom. The molecule has 14 heteroatoms. The number of amides is 3. The molecule has 9 nitrogen and oxygen atoms in total. The van der Waals surface area contributed by atoms with Crippen LogP contribution in [0.25, 0.3) is 11.2 Å². The third kappa shape index (κ3) is 6.85. The zero-order valence-corrected chi connectivity index (χ0v) is 22.4. The summed E-state index contributed by atoms with van der Waals surface area (Å²) in [4.78, 5) is 47.5. The fraction of sp³-hybridized carbons (Fsp3) is 0.481. The molecule has 0 aromatic carbocycles. The Balaban J connectivity index is 1.44. The van der Waals surface area contributed by atoms with E-state index in [1.807, 2.05) is 0 Å². The van der Waals surface area contributed by atoms with Crippen molar-refractivity contribution in [1.29, 1.82) is 0 Å². The summed E-state index contributed by atoms with van der Waals surface area (Å²) in [5.41, 5.74) is 0.428. The summed E-state index contributed by atoms with van der Waals surface area (Å²) < 4.78 is 70.2. The molecule has 3 amide bonds. The van der Waals surface area contributed by atoms with Crippen molar-refractivity contribution in [3.8, 4) is 0 Å². The first kappa shape index (κ1) is 30.0. The van der Waals surface area contributed by atoms with E-state index in [2.05, 4.69) is 21.9 Å². The number of hydrogen-bond donors (Lipinski definition) is 2. The quantitative estimate of drug-likeness (QED) is 0.386. The number of alkyl halides is 3. The van der Waals surface area contributed by atoms with Crippen LogP contribution in [-0.4, -0.2) is 74.7 Å². The molecule has 0 unspecified atom stereocenters. The van der Waals surface area contributed by atoms with Crippen molar-refractivity contribution in [2.45, 2.75) is 50.9 Å². The molecule has 2 aromatic rings. The average Bonchev–Trinajstić information content (AvgIpc) is 3.19. The normalized spacial score (nSPS) is 21.8. The Labute approximate surface area is 232 Å². The van der Waals surface area contributed by atoms with Gasteiger partial charge in [0.2, 0.25) is 5.91 Å². The van der Waals surface area contributed by atoms with Gasteiger partial charge in [-0.05, 0) is 56.4 Å². The number of carbonyl (C=O) groups excluding carboxylic acids is 2. The third-order valence-corrected chi connectivity index (χ3v) is 7.43. The molecule has 2 saturated heterocycles. The summed E-state index contributed by atoms with van der Waals surface area (Å²) >= 11 is 0. The monoisotopic (exact) mass is 582 g/mol. The number of imidazole rings is 1. The second-order valence-corrected chi connectivity index (χ2v) is 10.2. The van der Waals surface area contributed by atoms with Gasteiger partial charge in [0.1, 0.15) is 12.6 Å². The van der Waals surface area contributed by atoms with Crippen LogP contribution in [0.3, 0.4) is 0 Å². The fourth-order valence-electron chi connectivity index (χ4n) is 5.38. The first-order valence-corrected chi connectivity index (χ1v) is 13.2. The zero-order valence-electron chi connectivity index (χ0n) is 22.4. The molecule has 2 aliphatic rings. The van der Waals surface area contributed by atoms with E-state index in [9.17, 15) is 36.3 Å². The number of allylic oxidation sites excluding steroid dienone is 4. The summed E-state index contributed by atoms with van der Waals surface area (Å²) in [6, 6.07) is 1.34. The van der Waals surface area contributed by atoms with E-state index in [0.717, 1.165) is 6.08 Å². The predicted octanol–water partition coefficient (Wildman–Crippen LogP) is 4.52. The minimum absolute atomic E-state index is 0.00000650. The largest absolute Gasteiger partial charge is 0.406 e. The number of nitrogens with zero attached hydrogens (tertiary/aromatic N) is 4. The Bertz CT molecular complexity index is 1420. The van der Waals surface area contributed by atoms with Gasteiger partial charge in [0, 0.05) is 37.8 Å². The van der Waals surface area contributed by atoms with Crippen molar-refractivity contribution in [3.05, 3.63) is 64.8 Å². The summed E-state index contributed by atoms with van der Waals surface area (Å²) in [5, 5.41) is 2.54. The lowest BCUT2D eigenvalue weighted by molar-refractivity contribution is -0.162. The van der Waals surface area contributed by atoms with Gasteiger partial charge in [0.15, 0.2) is 17.3 Å². The molecule has 2 aliphatic heterocycles. The summed E-state index contributed by atoms with van der Waals surface area (Å²) in [6.45, 7) is 3.36. The molecule has 222 valence electrons. The van der Waals surface area contributed by atoms with Crippen LogP contribution >= 0.6 is 0 Å². The molecule has 2 N–H and O–H groups in total. The van der Waals surface area contributed by atoms with E-state index in [-0.39, 0.29) is 43.2 Å². The Morgan fingerprint density at radius 3 is 2.56 bits per heavy atom. The SMILES string of the molecule is C=C(/C(F)=C(F)\C=C/C)[C@@H]1CC[C@@H](NC(=O)N2CCC(n3c(=O)[nH]c4ncccc43)CC2)C(=O)N(CC(F)(F)F)C1. The van der Waals surface area contributed by atoms with Crippen molar-refractivity contribution in [2.75, 3.05) is 26.2 Å². The number of pyridine rings is 1. The molecule has 41 heavy (non-hydrogen) atoms. The van der Waals surface area contributed by atoms with E-state index in [0.29, 0.717) is 28.9 Å². The van der Waals surface area contributed by atoms with E-state index >= 15 is 0 Å². The van der Waals surface area contributed by atoms with Gasteiger partial charge in [-0.15, -0.1) is 0 Å². The number of carbonyl (C=O) groups is 2. The average molecular weight is 583 g/mol. The number of rotatable bonds is 6. The molecule has 4 heterocycles. The van der Waals surface area contributed by atoms with Crippen molar-refractivity contribution in [2.24, 2.45) is 5.92 Å². The van der Waals surface area contributed by atoms with Gasteiger partial charge in [-0.3, -0.25) is 14.3 Å². The molecule has 2 fully saturated rings. The highest BCUT2D eigenvalue weighted by Crippen LogP contribution is 2.32. The van der Waals surface area contributed by atoms with Crippen LogP contribution in [-0.2, 0) is 4.79 Å². The number of likely N-dealkylation sites (tertiary alicyclic amines) is 2. The molecule has 0 saturated carbocycles. The van der Waals surface area contributed by atoms with E-state index in [4.69, 9.17) is 0 Å². The lowest BCUT2D eigenvalue weighted by Crippen LogP contribution is -2.54. The van der Waals surface area contributed by atoms with E-state index in [1.54, 1.807) is 22.9 Å². The molecular formula is C27H31F5N6O3. The number of aromatic amines is 1. The molecule has 4 rings (SSSR count). The molecule has 2 atom stereocenters. The van der Waals surface area contributed by atoms with Crippen molar-refractivity contribution in [1.82, 2.24) is 29.7 Å². The number of aromatic nitrogens is 3. The smallest absolute Gasteiger partial charge is 0.331 e. The van der Waals surface area contributed by atoms with Crippen LogP contribution in [0.2, 0.25) is 0 Å². The number of hydrogen-bond acceptors (Lipinski definition) is 4. The highest BCUT2D eigenvalue weighted by molar-refractivity contribution is 5.87. The Hall–Kier alpha value is -3.97. The summed E-state index contributed by atoms with van der Waals surface area (Å²) in [6.07, 6.45) is -0.280. The van der Waals surface area contributed by atoms with Gasteiger partial charge >= 0.3 is 17.9 Å². The molecule has 0 radical (unpaired) electrons. The molecule has 0 spiro atoms. The molecule has 0 aliphatic carbocycles. The first-order valence-electron chi connectivity index (χ1n) is 13.2. The number of piperidine rings is 1. The van der Waals surface area contributed by atoms with Crippen LogP contribution in [0, 0.1) is 5.92 Å². The van der Waals surface area contributed by atoms with Crippen molar-refractivity contribution in [3.63, 3.8) is 0 Å². The minimum Gasteiger partial charge on any atom is -0.331 e. The molecular weight excluding hydrogens is 551 g/mol. The van der Waals surface area contributed by atoms with E-state index in [1.165, 1.54) is 17.9 Å². The molecule has 0 bridgehead atoms. The van der Waals surface area contributed by atoms with Gasteiger partial charge < -0.3 is 15.1 Å². The standard InChI is InChI=1S/C27H31F5N6O3/c1-3-5-19(28)22(29)16(2)17-7-8-20(24(39)37(14-17)15-27(30,31)32)34-25(40)36-12-9-18(10-13-36)38-21-6-4-11-33-23(21)35-26(38)41/h3-6,11,17-18,20H,2,7-10,12-15H2,1H3,(H,34,40)(H,33,35,41)/b5-3-,22-19-/t17-,20-/m1/s1. The maximum Gasteiger partial charge on any atom is 0.406 e. The first-order chi connectivity index (χ1) is 19.4. The summed E-state index contributed by atoms with van der Waals surface area (Å²) in [7, 11) is 0. The van der Waals surface area contributed by atoms with Crippen molar-refractivity contribution >= 4 is 23.1 Å². The van der Waals surface area contributed by atoms with Crippen LogP contribution in [0.15, 0.2) is 59.1 Å². The number of halogens is 5. The van der Waals surface area contributed by atoms with Gasteiger partial charge in [-0.2, -0.15) is 13.2 Å². The summed E-state index contributed by atoms with van der Waals surface area (Å²) in [5.74, 6) is -4.45. The van der Waals surface area contributed by atoms with Crippen LogP contribution in [0.5, 0.6) is 0 Å². The minimum atomic E-state index is -4.75. The number of urea groups is 1. The second kappa shape index (κ2) is 12.3. The lowest BCUT2D eigenvalue weighted by Gasteiger charge is -2.34. The van der Waals surface area contributed by atoms with E-state index < -0.39 is 54.8 Å². The van der Waals surface area contributed by atoms with Crippen LogP contribution in [0.1, 0.15) is 38.6 Å². The number of fused-ring (bicyclic) bond motifs is 1. The highest BCUT2D eigenvalue weighted by atomic mass is 19.4. The third-order valence-electron chi connectivity index (χ3n) is 7.43. The van der Waals surface area contributed by atoms with Gasteiger partial charge in [0.25, 0.3) is 0 Å². The zero-order chi connectivity index (χ0) is 29.9. The highest BCUT2D eigenvalue weighted by Gasteiger charge is 2.40. The predicted molar refractivity (Wildman–Crippen MR) is 141 cm³/mol. The molecule has 2 aromatic heterocycles. The van der Waals surface area contributed by atoms with Crippen LogP contribution in [0.4, 0.5) is 26.7 Å². The lowest BCUT2D eigenvalue weighted by atomic mass is 9.93. The topological polar surface area (TPSA) is 103 Å². The van der Waals surface area contributed by atoms with Gasteiger partial charge in [0.05, 0.1) is 5.52 Å². The Morgan fingerprint density at radius 2 is 1.90 bits per heavy atom. The number of nitrogens with one attached hydrogen (secondary N) is 2. The van der Waals surface area contributed by atoms with Crippen molar-refractivity contribution < 1.29 is 31.5 Å². The second-order valence-electron chi connectivity index (χ2n) is 10.2. The van der Waals surface area contributed by atoms with Gasteiger partial charge in [-0.1, -0.05) is 12.7 Å². The van der Waals surface area contributed by atoms with Crippen LogP contribution < -0.4 is 11.0 Å².